The summed E-state index contributed by atoms with van der Waals surface area (Å²) in [4.78, 5) is 0. The standard InChI is InChI=1S/C29H34O2/c1-22(2)10-8-11-23(3)12-9-18-29(4)19-17-26-27(30)20-25(21-28(26)31-29)16-15-24-13-6-5-7-14-24/h5-7,10,12-17,19-21,30H,8-9,11,18H2,1-4H3/b16-15+,23-12?. The maximum absolute atomic E-state index is 10.5. The zero-order valence-electron chi connectivity index (χ0n) is 19.2. The Morgan fingerprint density at radius 3 is 2.45 bits per heavy atom. The van der Waals surface area contributed by atoms with Crippen LogP contribution in [0.4, 0.5) is 0 Å². The van der Waals surface area contributed by atoms with Gasteiger partial charge in [-0.3, -0.25) is 0 Å². The van der Waals surface area contributed by atoms with E-state index in [0.29, 0.717) is 0 Å². The molecule has 2 heteroatoms. The lowest BCUT2D eigenvalue weighted by Gasteiger charge is -2.32. The number of benzene rings is 2. The summed E-state index contributed by atoms with van der Waals surface area (Å²) in [7, 11) is 0. The minimum absolute atomic E-state index is 0.249. The van der Waals surface area contributed by atoms with Crippen LogP contribution in [0.15, 0.2) is 71.8 Å². The topological polar surface area (TPSA) is 29.5 Å². The van der Waals surface area contributed by atoms with E-state index in [2.05, 4.69) is 58.1 Å². The number of phenolic OH excluding ortho intramolecular Hbond substituents is 1. The lowest BCUT2D eigenvalue weighted by molar-refractivity contribution is 0.128. The highest BCUT2D eigenvalue weighted by molar-refractivity contribution is 5.75. The van der Waals surface area contributed by atoms with E-state index in [0.717, 1.165) is 48.1 Å². The predicted molar refractivity (Wildman–Crippen MR) is 133 cm³/mol. The second-order valence-corrected chi connectivity index (χ2v) is 8.85. The van der Waals surface area contributed by atoms with Gasteiger partial charge >= 0.3 is 0 Å². The summed E-state index contributed by atoms with van der Waals surface area (Å²) in [6.07, 6.45) is 16.8. The number of aromatic hydroxyl groups is 1. The van der Waals surface area contributed by atoms with Crippen LogP contribution in [0.25, 0.3) is 18.2 Å². The quantitative estimate of drug-likeness (QED) is 0.348. The van der Waals surface area contributed by atoms with Crippen molar-refractivity contribution >= 4 is 18.2 Å². The van der Waals surface area contributed by atoms with Crippen molar-refractivity contribution in [3.63, 3.8) is 0 Å². The third-order valence-corrected chi connectivity index (χ3v) is 5.58. The first-order valence-electron chi connectivity index (χ1n) is 11.1. The van der Waals surface area contributed by atoms with Crippen molar-refractivity contribution in [2.75, 3.05) is 0 Å². The van der Waals surface area contributed by atoms with E-state index in [1.807, 2.05) is 42.5 Å². The van der Waals surface area contributed by atoms with Gasteiger partial charge in [0.05, 0.1) is 5.56 Å². The smallest absolute Gasteiger partial charge is 0.132 e. The van der Waals surface area contributed by atoms with E-state index in [4.69, 9.17) is 4.74 Å². The van der Waals surface area contributed by atoms with E-state index in [9.17, 15) is 5.11 Å². The highest BCUT2D eigenvalue weighted by Gasteiger charge is 2.28. The van der Waals surface area contributed by atoms with Crippen LogP contribution in [0.1, 0.15) is 70.1 Å². The Bertz CT molecular complexity index is 1000. The molecule has 162 valence electrons. The highest BCUT2D eigenvalue weighted by atomic mass is 16.5. The Kier molecular flexibility index (Phi) is 7.57. The predicted octanol–water partition coefficient (Wildman–Crippen LogP) is 8.20. The second kappa shape index (κ2) is 10.3. The summed E-state index contributed by atoms with van der Waals surface area (Å²) in [5, 5.41) is 10.5. The third-order valence-electron chi connectivity index (χ3n) is 5.58. The van der Waals surface area contributed by atoms with Crippen LogP contribution < -0.4 is 4.74 Å². The summed E-state index contributed by atoms with van der Waals surface area (Å²) in [6, 6.07) is 13.9. The Morgan fingerprint density at radius 2 is 1.71 bits per heavy atom. The second-order valence-electron chi connectivity index (χ2n) is 8.85. The highest BCUT2D eigenvalue weighted by Crippen LogP contribution is 2.39. The van der Waals surface area contributed by atoms with Crippen LogP contribution >= 0.6 is 0 Å². The first-order valence-corrected chi connectivity index (χ1v) is 11.1. The number of fused-ring (bicyclic) bond motifs is 1. The van der Waals surface area contributed by atoms with Crippen molar-refractivity contribution in [1.82, 2.24) is 0 Å². The fourth-order valence-corrected chi connectivity index (χ4v) is 3.71. The van der Waals surface area contributed by atoms with Crippen molar-refractivity contribution in [2.45, 2.75) is 59.0 Å². The molecule has 0 spiro atoms. The average molecular weight is 415 g/mol. The molecule has 31 heavy (non-hydrogen) atoms. The lowest BCUT2D eigenvalue weighted by Crippen LogP contribution is -2.31. The normalized spacial score (nSPS) is 18.0. The summed E-state index contributed by atoms with van der Waals surface area (Å²) in [5.41, 5.74) is 5.22. The van der Waals surface area contributed by atoms with Crippen LogP contribution in [0, 0.1) is 0 Å². The molecule has 1 N–H and O–H groups in total. The summed E-state index contributed by atoms with van der Waals surface area (Å²) >= 11 is 0. The van der Waals surface area contributed by atoms with Gasteiger partial charge in [0.15, 0.2) is 0 Å². The number of hydrogen-bond donors (Lipinski definition) is 1. The van der Waals surface area contributed by atoms with E-state index < -0.39 is 0 Å². The van der Waals surface area contributed by atoms with E-state index in [-0.39, 0.29) is 11.4 Å². The molecule has 1 aliphatic heterocycles. The molecule has 0 saturated carbocycles. The van der Waals surface area contributed by atoms with Crippen LogP contribution in [0.2, 0.25) is 0 Å². The minimum atomic E-state index is -0.377. The number of phenols is 1. The van der Waals surface area contributed by atoms with Gasteiger partial charge in [-0.05, 0) is 88.8 Å². The molecule has 1 atom stereocenters. The van der Waals surface area contributed by atoms with Gasteiger partial charge in [0.25, 0.3) is 0 Å². The fourth-order valence-electron chi connectivity index (χ4n) is 3.71. The van der Waals surface area contributed by atoms with E-state index in [1.165, 1.54) is 11.1 Å². The van der Waals surface area contributed by atoms with Crippen LogP contribution in [0.3, 0.4) is 0 Å². The Hall–Kier alpha value is -3.00. The lowest BCUT2D eigenvalue weighted by atomic mass is 9.93. The summed E-state index contributed by atoms with van der Waals surface area (Å²) in [6.45, 7) is 8.61. The molecular weight excluding hydrogens is 380 g/mol. The van der Waals surface area contributed by atoms with Crippen molar-refractivity contribution in [3.8, 4) is 11.5 Å². The molecule has 3 rings (SSSR count). The first kappa shape index (κ1) is 22.7. The van der Waals surface area contributed by atoms with Gasteiger partial charge in [-0.25, -0.2) is 0 Å². The molecule has 2 nitrogen and oxygen atoms in total. The summed E-state index contributed by atoms with van der Waals surface area (Å²) in [5.74, 6) is 0.987. The molecule has 0 radical (unpaired) electrons. The van der Waals surface area contributed by atoms with Gasteiger partial charge in [-0.2, -0.15) is 0 Å². The molecule has 1 heterocycles. The van der Waals surface area contributed by atoms with Crippen LogP contribution in [0.5, 0.6) is 11.5 Å². The Labute approximate surface area is 187 Å². The van der Waals surface area contributed by atoms with Crippen molar-refractivity contribution in [1.29, 1.82) is 0 Å². The summed E-state index contributed by atoms with van der Waals surface area (Å²) < 4.78 is 6.37. The van der Waals surface area contributed by atoms with Gasteiger partial charge in [-0.15, -0.1) is 0 Å². The largest absolute Gasteiger partial charge is 0.507 e. The molecule has 1 unspecified atom stereocenters. The zero-order valence-corrected chi connectivity index (χ0v) is 19.2. The molecule has 0 fully saturated rings. The Balaban J connectivity index is 1.66. The fraction of sp³-hybridized carbons (Fsp3) is 0.310. The van der Waals surface area contributed by atoms with Gasteiger partial charge in [-0.1, -0.05) is 65.8 Å². The molecule has 0 amide bonds. The van der Waals surface area contributed by atoms with Crippen molar-refractivity contribution in [2.24, 2.45) is 0 Å². The van der Waals surface area contributed by atoms with Gasteiger partial charge in [0, 0.05) is 0 Å². The molecule has 0 bridgehead atoms. The number of allylic oxidation sites excluding steroid dienone is 4. The van der Waals surface area contributed by atoms with E-state index >= 15 is 0 Å². The molecular formula is C29H34O2. The maximum atomic E-state index is 10.5. The van der Waals surface area contributed by atoms with Crippen LogP contribution in [-0.2, 0) is 0 Å². The van der Waals surface area contributed by atoms with Gasteiger partial charge in [0.2, 0.25) is 0 Å². The molecule has 1 aliphatic rings. The molecule has 2 aromatic carbocycles. The zero-order chi connectivity index (χ0) is 22.3. The maximum Gasteiger partial charge on any atom is 0.132 e. The average Bonchev–Trinajstić information content (AvgIpc) is 2.72. The van der Waals surface area contributed by atoms with Crippen molar-refractivity contribution in [3.05, 3.63) is 88.5 Å². The van der Waals surface area contributed by atoms with Gasteiger partial charge < -0.3 is 9.84 Å². The number of rotatable bonds is 8. The number of ether oxygens (including phenoxy) is 1. The molecule has 0 aliphatic carbocycles. The molecule has 2 aromatic rings. The SMILES string of the molecule is CC(C)=CCCC(C)=CCCC1(C)C=Cc2c(O)cc(/C=C/c3ccccc3)cc2O1. The number of hydrogen-bond acceptors (Lipinski definition) is 2. The monoisotopic (exact) mass is 414 g/mol. The Morgan fingerprint density at radius 1 is 0.968 bits per heavy atom. The van der Waals surface area contributed by atoms with Crippen LogP contribution in [-0.4, -0.2) is 10.7 Å². The molecule has 0 saturated heterocycles. The first-order chi connectivity index (χ1) is 14.8. The van der Waals surface area contributed by atoms with Crippen molar-refractivity contribution < 1.29 is 9.84 Å². The van der Waals surface area contributed by atoms with E-state index in [1.54, 1.807) is 6.07 Å². The molecule has 0 aromatic heterocycles. The third kappa shape index (κ3) is 6.75. The van der Waals surface area contributed by atoms with Gasteiger partial charge in [0.1, 0.15) is 17.1 Å². The minimum Gasteiger partial charge on any atom is -0.507 e.